The van der Waals surface area contributed by atoms with Gasteiger partial charge in [0.05, 0.1) is 11.4 Å². The van der Waals surface area contributed by atoms with Crippen LogP contribution < -0.4 is 9.62 Å². The molecule has 0 saturated carbocycles. The monoisotopic (exact) mass is 376 g/mol. The number of carbonyl (C=O) groups excluding carboxylic acids is 1. The fourth-order valence-corrected chi connectivity index (χ4v) is 3.77. The van der Waals surface area contributed by atoms with Gasteiger partial charge in [-0.2, -0.15) is 0 Å². The van der Waals surface area contributed by atoms with Gasteiger partial charge in [-0.3, -0.25) is 4.90 Å². The molecular weight excluding hydrogens is 355 g/mol. The molecular formula is C19H21FN2O3S. The molecule has 0 aliphatic carbocycles. The van der Waals surface area contributed by atoms with Gasteiger partial charge in [0.25, 0.3) is 0 Å². The van der Waals surface area contributed by atoms with Gasteiger partial charge in [0.2, 0.25) is 0 Å². The summed E-state index contributed by atoms with van der Waals surface area (Å²) in [6, 6.07) is 10.3. The van der Waals surface area contributed by atoms with E-state index in [9.17, 15) is 13.4 Å². The molecule has 7 heteroatoms. The number of anilines is 2. The minimum absolute atomic E-state index is 0.194. The Morgan fingerprint density at radius 1 is 1.27 bits per heavy atom. The van der Waals surface area contributed by atoms with Crippen LogP contribution in [0, 0.1) is 12.7 Å². The van der Waals surface area contributed by atoms with Gasteiger partial charge in [0.1, 0.15) is 23.4 Å². The Labute approximate surface area is 154 Å². The second kappa shape index (κ2) is 7.86. The molecule has 1 atom stereocenters. The third kappa shape index (κ3) is 4.04. The van der Waals surface area contributed by atoms with Crippen LogP contribution in [0.1, 0.15) is 30.0 Å². The van der Waals surface area contributed by atoms with Crippen LogP contribution in [0.25, 0.3) is 0 Å². The molecule has 1 heterocycles. The SMILES string of the molecule is CCCN1C(=O)OCc2cc(NS(=O)Cc3ccc(C)c(F)c3)ccc21. The van der Waals surface area contributed by atoms with Gasteiger partial charge in [-0.05, 0) is 48.7 Å². The lowest BCUT2D eigenvalue weighted by atomic mass is 10.1. The third-order valence-corrected chi connectivity index (χ3v) is 5.21. The highest BCUT2D eigenvalue weighted by Gasteiger charge is 2.25. The van der Waals surface area contributed by atoms with Crippen molar-refractivity contribution in [3.05, 3.63) is 58.9 Å². The number of hydrogen-bond acceptors (Lipinski definition) is 3. The second-order valence-corrected chi connectivity index (χ2v) is 7.41. The molecule has 5 nitrogen and oxygen atoms in total. The Morgan fingerprint density at radius 3 is 2.81 bits per heavy atom. The normalized spacial score (nSPS) is 14.6. The third-order valence-electron chi connectivity index (χ3n) is 4.15. The minimum Gasteiger partial charge on any atom is -0.444 e. The fourth-order valence-electron chi connectivity index (χ4n) is 2.82. The molecule has 1 amide bonds. The van der Waals surface area contributed by atoms with Gasteiger partial charge >= 0.3 is 6.09 Å². The summed E-state index contributed by atoms with van der Waals surface area (Å²) in [7, 11) is -1.39. The van der Waals surface area contributed by atoms with Gasteiger partial charge in [0, 0.05) is 17.8 Å². The molecule has 3 rings (SSSR count). The van der Waals surface area contributed by atoms with Gasteiger partial charge in [-0.25, -0.2) is 13.4 Å². The summed E-state index contributed by atoms with van der Waals surface area (Å²) in [5.74, 6) is -0.100. The van der Waals surface area contributed by atoms with Crippen LogP contribution >= 0.6 is 0 Å². The number of rotatable bonds is 6. The van der Waals surface area contributed by atoms with Crippen LogP contribution in [-0.2, 0) is 28.1 Å². The molecule has 0 spiro atoms. The number of nitrogens with zero attached hydrogens (tertiary/aromatic N) is 1. The van der Waals surface area contributed by atoms with Gasteiger partial charge < -0.3 is 9.46 Å². The quantitative estimate of drug-likeness (QED) is 0.819. The topological polar surface area (TPSA) is 58.6 Å². The first-order chi connectivity index (χ1) is 12.5. The van der Waals surface area contributed by atoms with Crippen molar-refractivity contribution >= 4 is 28.5 Å². The predicted molar refractivity (Wildman–Crippen MR) is 101 cm³/mol. The highest BCUT2D eigenvalue weighted by atomic mass is 32.2. The molecule has 1 aliphatic rings. The van der Waals surface area contributed by atoms with Crippen LogP contribution in [0.15, 0.2) is 36.4 Å². The van der Waals surface area contributed by atoms with E-state index in [0.29, 0.717) is 23.4 Å². The molecule has 1 unspecified atom stereocenters. The van der Waals surface area contributed by atoms with E-state index < -0.39 is 11.0 Å². The lowest BCUT2D eigenvalue weighted by Crippen LogP contribution is -2.36. The molecule has 2 aromatic rings. The summed E-state index contributed by atoms with van der Waals surface area (Å²) in [6.45, 7) is 4.47. The minimum atomic E-state index is -1.39. The summed E-state index contributed by atoms with van der Waals surface area (Å²) in [6.07, 6.45) is 0.483. The Hall–Kier alpha value is -2.41. The largest absolute Gasteiger partial charge is 0.444 e. The van der Waals surface area contributed by atoms with Crippen LogP contribution in [0.4, 0.5) is 20.6 Å². The molecule has 26 heavy (non-hydrogen) atoms. The Balaban J connectivity index is 1.71. The zero-order valence-electron chi connectivity index (χ0n) is 14.8. The van der Waals surface area contributed by atoms with Crippen LogP contribution in [0.2, 0.25) is 0 Å². The smallest absolute Gasteiger partial charge is 0.414 e. The summed E-state index contributed by atoms with van der Waals surface area (Å²) in [4.78, 5) is 13.5. The van der Waals surface area contributed by atoms with Crippen molar-refractivity contribution in [1.82, 2.24) is 0 Å². The van der Waals surface area contributed by atoms with E-state index in [1.54, 1.807) is 30.0 Å². The number of carbonyl (C=O) groups is 1. The summed E-state index contributed by atoms with van der Waals surface area (Å²) >= 11 is 0. The summed E-state index contributed by atoms with van der Waals surface area (Å²) < 4.78 is 34.1. The standard InChI is InChI=1S/C19H21FN2O3S/c1-3-8-22-18-7-6-16(10-15(18)11-25-19(22)23)21-26(24)12-14-5-4-13(2)17(20)9-14/h4-7,9-10,21H,3,8,11-12H2,1-2H3. The van der Waals surface area contributed by atoms with Crippen molar-refractivity contribution in [3.63, 3.8) is 0 Å². The molecule has 0 saturated heterocycles. The molecule has 2 aromatic carbocycles. The maximum atomic E-state index is 13.6. The molecule has 0 bridgehead atoms. The fraction of sp³-hybridized carbons (Fsp3) is 0.316. The van der Waals surface area contributed by atoms with E-state index in [4.69, 9.17) is 4.74 Å². The van der Waals surface area contributed by atoms with Crippen molar-refractivity contribution in [2.75, 3.05) is 16.2 Å². The number of halogens is 1. The van der Waals surface area contributed by atoms with E-state index >= 15 is 0 Å². The number of aryl methyl sites for hydroxylation is 1. The van der Waals surface area contributed by atoms with Crippen molar-refractivity contribution < 1.29 is 18.1 Å². The molecule has 1 N–H and O–H groups in total. The van der Waals surface area contributed by atoms with Crippen molar-refractivity contribution in [1.29, 1.82) is 0 Å². The number of hydrogen-bond donors (Lipinski definition) is 1. The molecule has 0 radical (unpaired) electrons. The van der Waals surface area contributed by atoms with Gasteiger partial charge in [-0.1, -0.05) is 19.1 Å². The van der Waals surface area contributed by atoms with E-state index in [1.807, 2.05) is 19.1 Å². The number of ether oxygens (including phenoxy) is 1. The number of fused-ring (bicyclic) bond motifs is 1. The molecule has 1 aliphatic heterocycles. The number of nitrogens with one attached hydrogen (secondary N) is 1. The lowest BCUT2D eigenvalue weighted by molar-refractivity contribution is 0.142. The Bertz CT molecular complexity index is 857. The maximum Gasteiger partial charge on any atom is 0.414 e. The Kier molecular flexibility index (Phi) is 5.56. The van der Waals surface area contributed by atoms with Crippen LogP contribution in [0.5, 0.6) is 0 Å². The predicted octanol–water partition coefficient (Wildman–Crippen LogP) is 4.28. The summed E-state index contributed by atoms with van der Waals surface area (Å²) in [5.41, 5.74) is 3.58. The van der Waals surface area contributed by atoms with Crippen LogP contribution in [0.3, 0.4) is 0 Å². The molecule has 138 valence electrons. The van der Waals surface area contributed by atoms with Crippen LogP contribution in [-0.4, -0.2) is 16.8 Å². The number of amides is 1. The first-order valence-corrected chi connectivity index (χ1v) is 9.77. The van der Waals surface area contributed by atoms with Crippen molar-refractivity contribution in [3.8, 4) is 0 Å². The maximum absolute atomic E-state index is 13.6. The number of cyclic esters (lactones) is 1. The average Bonchev–Trinajstić information content (AvgIpc) is 2.61. The summed E-state index contributed by atoms with van der Waals surface area (Å²) in [5, 5.41) is 0. The highest BCUT2D eigenvalue weighted by Crippen LogP contribution is 2.30. The second-order valence-electron chi connectivity index (χ2n) is 6.23. The average molecular weight is 376 g/mol. The Morgan fingerprint density at radius 2 is 2.08 bits per heavy atom. The van der Waals surface area contributed by atoms with Gasteiger partial charge in [0.15, 0.2) is 0 Å². The molecule has 0 aromatic heterocycles. The molecule has 0 fully saturated rings. The number of benzene rings is 2. The lowest BCUT2D eigenvalue weighted by Gasteiger charge is -2.29. The van der Waals surface area contributed by atoms with E-state index in [0.717, 1.165) is 17.7 Å². The zero-order valence-corrected chi connectivity index (χ0v) is 15.6. The first kappa shape index (κ1) is 18.4. The van der Waals surface area contributed by atoms with E-state index in [-0.39, 0.29) is 24.3 Å². The highest BCUT2D eigenvalue weighted by molar-refractivity contribution is 7.85. The van der Waals surface area contributed by atoms with Crippen molar-refractivity contribution in [2.45, 2.75) is 32.6 Å². The van der Waals surface area contributed by atoms with Crippen molar-refractivity contribution in [2.24, 2.45) is 0 Å². The van der Waals surface area contributed by atoms with E-state index in [2.05, 4.69) is 4.72 Å². The zero-order chi connectivity index (χ0) is 18.7. The van der Waals surface area contributed by atoms with E-state index in [1.165, 1.54) is 6.07 Å². The van der Waals surface area contributed by atoms with Gasteiger partial charge in [-0.15, -0.1) is 0 Å². The first-order valence-electron chi connectivity index (χ1n) is 8.45.